The van der Waals surface area contributed by atoms with Gasteiger partial charge in [0.2, 0.25) is 0 Å². The molecule has 4 heteroatoms. The molecule has 2 rings (SSSR count). The summed E-state index contributed by atoms with van der Waals surface area (Å²) in [5, 5.41) is 4.16. The van der Waals surface area contributed by atoms with E-state index in [1.54, 1.807) is 0 Å². The molecule has 1 unspecified atom stereocenters. The van der Waals surface area contributed by atoms with Crippen LogP contribution in [0.4, 0.5) is 5.82 Å². The summed E-state index contributed by atoms with van der Waals surface area (Å²) in [4.78, 5) is 6.88. The second-order valence-electron chi connectivity index (χ2n) is 5.88. The van der Waals surface area contributed by atoms with Crippen molar-refractivity contribution in [2.45, 2.75) is 46.2 Å². The zero-order chi connectivity index (χ0) is 13.8. The van der Waals surface area contributed by atoms with Crippen molar-refractivity contribution in [2.24, 2.45) is 5.92 Å². The first-order valence-electron chi connectivity index (χ1n) is 7.19. The molecule has 2 heterocycles. The largest absolute Gasteiger partial charge is 0.355 e. The van der Waals surface area contributed by atoms with Gasteiger partial charge in [0.1, 0.15) is 5.82 Å². The van der Waals surface area contributed by atoms with Crippen LogP contribution in [0.15, 0.2) is 12.3 Å². The zero-order valence-electron chi connectivity index (χ0n) is 12.1. The predicted molar refractivity (Wildman–Crippen MR) is 81.8 cm³/mol. The minimum Gasteiger partial charge on any atom is -0.355 e. The van der Waals surface area contributed by atoms with E-state index < -0.39 is 0 Å². The molecule has 1 atom stereocenters. The molecule has 0 saturated carbocycles. The number of piperidine rings is 1. The van der Waals surface area contributed by atoms with Crippen molar-refractivity contribution < 1.29 is 0 Å². The Kier molecular flexibility index (Phi) is 5.06. The maximum absolute atomic E-state index is 6.39. The monoisotopic (exact) mass is 281 g/mol. The lowest BCUT2D eigenvalue weighted by Gasteiger charge is -2.32. The van der Waals surface area contributed by atoms with Gasteiger partial charge in [0.15, 0.2) is 0 Å². The Bertz CT molecular complexity index is 420. The highest BCUT2D eigenvalue weighted by atomic mass is 35.5. The highest BCUT2D eigenvalue weighted by Crippen LogP contribution is 2.28. The van der Waals surface area contributed by atoms with Gasteiger partial charge >= 0.3 is 0 Å². The lowest BCUT2D eigenvalue weighted by Crippen LogP contribution is -2.35. The highest BCUT2D eigenvalue weighted by molar-refractivity contribution is 6.33. The maximum Gasteiger partial charge on any atom is 0.147 e. The van der Waals surface area contributed by atoms with E-state index in [4.69, 9.17) is 11.6 Å². The summed E-state index contributed by atoms with van der Waals surface area (Å²) in [7, 11) is 0. The van der Waals surface area contributed by atoms with Gasteiger partial charge in [0, 0.05) is 31.9 Å². The van der Waals surface area contributed by atoms with Crippen molar-refractivity contribution in [2.75, 3.05) is 18.0 Å². The minimum absolute atomic E-state index is 0.474. The van der Waals surface area contributed by atoms with Crippen molar-refractivity contribution in [1.82, 2.24) is 10.3 Å². The first-order chi connectivity index (χ1) is 9.06. The molecule has 1 fully saturated rings. The number of hydrogen-bond donors (Lipinski definition) is 1. The minimum atomic E-state index is 0.474. The van der Waals surface area contributed by atoms with E-state index in [1.165, 1.54) is 12.8 Å². The number of rotatable bonds is 4. The van der Waals surface area contributed by atoms with Gasteiger partial charge in [-0.1, -0.05) is 32.4 Å². The van der Waals surface area contributed by atoms with Crippen LogP contribution in [0, 0.1) is 5.92 Å². The van der Waals surface area contributed by atoms with E-state index in [9.17, 15) is 0 Å². The number of nitrogens with one attached hydrogen (secondary N) is 1. The molecular weight excluding hydrogens is 258 g/mol. The first-order valence-corrected chi connectivity index (χ1v) is 7.57. The van der Waals surface area contributed by atoms with Crippen LogP contribution < -0.4 is 10.2 Å². The van der Waals surface area contributed by atoms with Crippen LogP contribution in [0.2, 0.25) is 5.02 Å². The topological polar surface area (TPSA) is 28.2 Å². The molecular formula is C15H24ClN3. The Hall–Kier alpha value is -0.800. The Labute approximate surface area is 121 Å². The molecule has 1 aliphatic heterocycles. The highest BCUT2D eigenvalue weighted by Gasteiger charge is 2.19. The van der Waals surface area contributed by atoms with Crippen LogP contribution in [-0.4, -0.2) is 24.1 Å². The average Bonchev–Trinajstić information content (AvgIpc) is 2.36. The molecule has 3 nitrogen and oxygen atoms in total. The van der Waals surface area contributed by atoms with E-state index >= 15 is 0 Å². The second-order valence-corrected chi connectivity index (χ2v) is 6.29. The quantitative estimate of drug-likeness (QED) is 0.916. The molecule has 1 aromatic rings. The molecule has 1 aliphatic rings. The van der Waals surface area contributed by atoms with Crippen LogP contribution in [0.1, 0.15) is 39.2 Å². The molecule has 0 bridgehead atoms. The van der Waals surface area contributed by atoms with Crippen LogP contribution >= 0.6 is 11.6 Å². The smallest absolute Gasteiger partial charge is 0.147 e. The van der Waals surface area contributed by atoms with E-state index in [-0.39, 0.29) is 0 Å². The van der Waals surface area contributed by atoms with Gasteiger partial charge in [-0.15, -0.1) is 0 Å². The van der Waals surface area contributed by atoms with Gasteiger partial charge in [-0.3, -0.25) is 0 Å². The van der Waals surface area contributed by atoms with Crippen molar-refractivity contribution in [3.8, 4) is 0 Å². The lowest BCUT2D eigenvalue weighted by atomic mass is 10.0. The summed E-state index contributed by atoms with van der Waals surface area (Å²) in [6, 6.07) is 2.51. The van der Waals surface area contributed by atoms with E-state index in [2.05, 4.69) is 36.0 Å². The number of pyridine rings is 1. The predicted octanol–water partition coefficient (Wildman–Crippen LogP) is 3.47. The summed E-state index contributed by atoms with van der Waals surface area (Å²) < 4.78 is 0. The number of hydrogen-bond acceptors (Lipinski definition) is 3. The van der Waals surface area contributed by atoms with Crippen molar-refractivity contribution in [3.05, 3.63) is 22.8 Å². The van der Waals surface area contributed by atoms with Crippen molar-refractivity contribution in [1.29, 1.82) is 0 Å². The molecule has 1 N–H and O–H groups in total. The third-order valence-electron chi connectivity index (χ3n) is 3.55. The van der Waals surface area contributed by atoms with Crippen LogP contribution in [-0.2, 0) is 6.54 Å². The Morgan fingerprint density at radius 2 is 2.32 bits per heavy atom. The summed E-state index contributed by atoms with van der Waals surface area (Å²) in [6.45, 7) is 9.52. The number of aromatic nitrogens is 1. The molecule has 19 heavy (non-hydrogen) atoms. The Balaban J connectivity index is 2.06. The van der Waals surface area contributed by atoms with E-state index in [1.807, 2.05) is 12.3 Å². The fourth-order valence-corrected chi connectivity index (χ4v) is 2.81. The van der Waals surface area contributed by atoms with Gasteiger partial charge in [0.25, 0.3) is 0 Å². The SMILES string of the molecule is CC1CCCN(c2ncc(CNC(C)C)cc2Cl)C1. The molecule has 1 aromatic heterocycles. The average molecular weight is 282 g/mol. The summed E-state index contributed by atoms with van der Waals surface area (Å²) in [5.74, 6) is 1.68. The number of nitrogens with zero attached hydrogens (tertiary/aromatic N) is 2. The molecule has 0 radical (unpaired) electrons. The lowest BCUT2D eigenvalue weighted by molar-refractivity contribution is 0.444. The van der Waals surface area contributed by atoms with Crippen LogP contribution in [0.3, 0.4) is 0 Å². The molecule has 106 valence electrons. The number of anilines is 1. The fraction of sp³-hybridized carbons (Fsp3) is 0.667. The summed E-state index contributed by atoms with van der Waals surface area (Å²) in [5.41, 5.74) is 1.15. The molecule has 0 aromatic carbocycles. The zero-order valence-corrected chi connectivity index (χ0v) is 12.9. The normalized spacial score (nSPS) is 20.1. The second kappa shape index (κ2) is 6.58. The van der Waals surface area contributed by atoms with E-state index in [0.717, 1.165) is 42.0 Å². The fourth-order valence-electron chi connectivity index (χ4n) is 2.50. The number of halogens is 1. The molecule has 1 saturated heterocycles. The molecule has 0 aliphatic carbocycles. The summed E-state index contributed by atoms with van der Waals surface area (Å²) in [6.07, 6.45) is 4.48. The Morgan fingerprint density at radius 3 is 2.95 bits per heavy atom. The van der Waals surface area contributed by atoms with Gasteiger partial charge in [-0.25, -0.2) is 4.98 Å². The van der Waals surface area contributed by atoms with Gasteiger partial charge in [0.05, 0.1) is 5.02 Å². The third kappa shape index (κ3) is 4.08. The van der Waals surface area contributed by atoms with Crippen molar-refractivity contribution >= 4 is 17.4 Å². The standard InChI is InChI=1S/C15H24ClN3/c1-11(2)17-8-13-7-14(16)15(18-9-13)19-6-4-5-12(3)10-19/h7,9,11-12,17H,4-6,8,10H2,1-3H3. The van der Waals surface area contributed by atoms with Gasteiger partial charge < -0.3 is 10.2 Å². The maximum atomic E-state index is 6.39. The first kappa shape index (κ1) is 14.6. The summed E-state index contributed by atoms with van der Waals surface area (Å²) >= 11 is 6.39. The molecule has 0 amide bonds. The Morgan fingerprint density at radius 1 is 1.53 bits per heavy atom. The van der Waals surface area contributed by atoms with Crippen LogP contribution in [0.5, 0.6) is 0 Å². The van der Waals surface area contributed by atoms with Gasteiger partial charge in [-0.2, -0.15) is 0 Å². The van der Waals surface area contributed by atoms with Gasteiger partial charge in [-0.05, 0) is 30.4 Å². The van der Waals surface area contributed by atoms with Crippen molar-refractivity contribution in [3.63, 3.8) is 0 Å². The van der Waals surface area contributed by atoms with E-state index in [0.29, 0.717) is 6.04 Å². The molecule has 0 spiro atoms. The van der Waals surface area contributed by atoms with Crippen LogP contribution in [0.25, 0.3) is 0 Å². The third-order valence-corrected chi connectivity index (χ3v) is 3.83.